The Labute approximate surface area is 129 Å². The van der Waals surface area contributed by atoms with Gasteiger partial charge in [0.25, 0.3) is 0 Å². The second kappa shape index (κ2) is 7.56. The van der Waals surface area contributed by atoms with E-state index in [9.17, 15) is 9.59 Å². The number of hydrogen-bond donors (Lipinski definition) is 1. The molecule has 5 nitrogen and oxygen atoms in total. The van der Waals surface area contributed by atoms with Gasteiger partial charge in [-0.05, 0) is 43.8 Å². The van der Waals surface area contributed by atoms with Gasteiger partial charge < -0.3 is 10.2 Å². The molecule has 116 valence electrons. The molecule has 0 aromatic carbocycles. The first-order valence-electron chi connectivity index (χ1n) is 7.32. The molecule has 0 spiro atoms. The molecule has 0 radical (unpaired) electrons. The molecule has 2 amide bonds. The fourth-order valence-corrected chi connectivity index (χ4v) is 3.41. The molecule has 2 rings (SSSR count). The van der Waals surface area contributed by atoms with Gasteiger partial charge in [0.05, 0.1) is 13.1 Å². The van der Waals surface area contributed by atoms with Crippen molar-refractivity contribution in [3.63, 3.8) is 0 Å². The lowest BCUT2D eigenvalue weighted by Gasteiger charge is -2.18. The van der Waals surface area contributed by atoms with E-state index >= 15 is 0 Å². The van der Waals surface area contributed by atoms with Crippen LogP contribution in [0.15, 0.2) is 11.4 Å². The number of aryl methyl sites for hydroxylation is 1. The summed E-state index contributed by atoms with van der Waals surface area (Å²) >= 11 is 1.71. The minimum atomic E-state index is -0.0979. The number of carbonyl (C=O) groups excluding carboxylic acids is 2. The lowest BCUT2D eigenvalue weighted by molar-refractivity contribution is -0.132. The van der Waals surface area contributed by atoms with Gasteiger partial charge in [0.1, 0.15) is 0 Å². The number of carbonyl (C=O) groups is 2. The maximum atomic E-state index is 11.9. The van der Waals surface area contributed by atoms with E-state index in [0.29, 0.717) is 6.54 Å². The molecule has 1 fully saturated rings. The monoisotopic (exact) mass is 309 g/mol. The Balaban J connectivity index is 1.69. The van der Waals surface area contributed by atoms with Crippen molar-refractivity contribution in [2.24, 2.45) is 0 Å². The van der Waals surface area contributed by atoms with Gasteiger partial charge in [-0.3, -0.25) is 14.5 Å². The van der Waals surface area contributed by atoms with Crippen LogP contribution in [0.5, 0.6) is 0 Å². The van der Waals surface area contributed by atoms with Crippen LogP contribution in [0.4, 0.5) is 0 Å². The van der Waals surface area contributed by atoms with E-state index in [-0.39, 0.29) is 18.4 Å². The fourth-order valence-electron chi connectivity index (χ4n) is 2.42. The molecule has 6 heteroatoms. The van der Waals surface area contributed by atoms with E-state index < -0.39 is 0 Å². The van der Waals surface area contributed by atoms with Crippen LogP contribution in [0.1, 0.15) is 23.3 Å². The third-order valence-electron chi connectivity index (χ3n) is 3.69. The van der Waals surface area contributed by atoms with Gasteiger partial charge in [-0.25, -0.2) is 0 Å². The number of likely N-dealkylation sites (N-methyl/N-ethyl adjacent to an activating group) is 1. The van der Waals surface area contributed by atoms with Crippen LogP contribution in [0.3, 0.4) is 0 Å². The third-order valence-corrected chi connectivity index (χ3v) is 4.70. The van der Waals surface area contributed by atoms with Gasteiger partial charge in [0.2, 0.25) is 11.8 Å². The van der Waals surface area contributed by atoms with E-state index in [1.54, 1.807) is 11.3 Å². The normalized spacial score (nSPS) is 14.7. The molecule has 1 aliphatic heterocycles. The first-order chi connectivity index (χ1) is 10.1. The highest BCUT2D eigenvalue weighted by molar-refractivity contribution is 7.10. The van der Waals surface area contributed by atoms with Crippen LogP contribution in [0, 0.1) is 6.92 Å². The summed E-state index contributed by atoms with van der Waals surface area (Å²) < 4.78 is 0. The summed E-state index contributed by atoms with van der Waals surface area (Å²) in [6.07, 6.45) is 2.14. The molecule has 1 aromatic heterocycles. The maximum Gasteiger partial charge on any atom is 0.241 e. The minimum Gasteiger partial charge on any atom is -0.346 e. The molecule has 1 aromatic rings. The maximum absolute atomic E-state index is 11.9. The molecule has 1 aliphatic rings. The Morgan fingerprint density at radius 3 is 2.71 bits per heavy atom. The molecule has 1 N–H and O–H groups in total. The van der Waals surface area contributed by atoms with Gasteiger partial charge in [0.15, 0.2) is 0 Å². The molecule has 1 saturated heterocycles. The number of hydrogen-bond acceptors (Lipinski definition) is 4. The Morgan fingerprint density at radius 1 is 1.38 bits per heavy atom. The first-order valence-corrected chi connectivity index (χ1v) is 8.20. The van der Waals surface area contributed by atoms with Gasteiger partial charge in [0, 0.05) is 24.5 Å². The van der Waals surface area contributed by atoms with Gasteiger partial charge >= 0.3 is 0 Å². The predicted molar refractivity (Wildman–Crippen MR) is 84.2 cm³/mol. The van der Waals surface area contributed by atoms with Crippen molar-refractivity contribution in [3.8, 4) is 0 Å². The van der Waals surface area contributed by atoms with E-state index in [2.05, 4.69) is 23.7 Å². The Hall–Kier alpha value is -1.40. The lowest BCUT2D eigenvalue weighted by atomic mass is 10.3. The minimum absolute atomic E-state index is 0.0256. The molecule has 0 unspecified atom stereocenters. The molecule has 0 bridgehead atoms. The summed E-state index contributed by atoms with van der Waals surface area (Å²) in [5, 5.41) is 4.78. The summed E-state index contributed by atoms with van der Waals surface area (Å²) in [5.41, 5.74) is 1.26. The van der Waals surface area contributed by atoms with Gasteiger partial charge in [-0.1, -0.05) is 0 Å². The van der Waals surface area contributed by atoms with Crippen LogP contribution in [0.2, 0.25) is 0 Å². The van der Waals surface area contributed by atoms with E-state index in [4.69, 9.17) is 0 Å². The largest absolute Gasteiger partial charge is 0.346 e. The Morgan fingerprint density at radius 2 is 2.10 bits per heavy atom. The zero-order chi connectivity index (χ0) is 15.2. The Kier molecular flexibility index (Phi) is 5.76. The van der Waals surface area contributed by atoms with E-state index in [1.165, 1.54) is 10.4 Å². The fraction of sp³-hybridized carbons (Fsp3) is 0.600. The molecule has 0 atom stereocenters. The third kappa shape index (κ3) is 4.82. The Bertz CT molecular complexity index is 495. The van der Waals surface area contributed by atoms with Crippen molar-refractivity contribution in [2.45, 2.75) is 26.3 Å². The van der Waals surface area contributed by atoms with Crippen molar-refractivity contribution in [1.29, 1.82) is 0 Å². The average molecular weight is 309 g/mol. The van der Waals surface area contributed by atoms with Crippen LogP contribution in [0.25, 0.3) is 0 Å². The number of amides is 2. The zero-order valence-electron chi connectivity index (χ0n) is 12.7. The lowest BCUT2D eigenvalue weighted by Crippen LogP contribution is -2.42. The van der Waals surface area contributed by atoms with Crippen molar-refractivity contribution in [2.75, 3.05) is 33.2 Å². The van der Waals surface area contributed by atoms with Crippen LogP contribution in [-0.4, -0.2) is 54.8 Å². The van der Waals surface area contributed by atoms with E-state index in [1.807, 2.05) is 16.8 Å². The number of likely N-dealkylation sites (tertiary alicyclic amines) is 1. The number of rotatable bonds is 6. The second-order valence-corrected chi connectivity index (χ2v) is 6.56. The van der Waals surface area contributed by atoms with Crippen molar-refractivity contribution < 1.29 is 9.59 Å². The highest BCUT2D eigenvalue weighted by Crippen LogP contribution is 2.16. The molecular weight excluding hydrogens is 286 g/mol. The summed E-state index contributed by atoms with van der Waals surface area (Å²) in [6.45, 7) is 4.92. The number of thiophene rings is 1. The molecule has 0 aliphatic carbocycles. The first kappa shape index (κ1) is 16.0. The molecule has 21 heavy (non-hydrogen) atoms. The summed E-state index contributed by atoms with van der Waals surface area (Å²) in [4.78, 5) is 28.8. The SMILES string of the molecule is Cc1ccsc1CN(C)CC(=O)NCC(=O)N1CCCC1. The molecule has 2 heterocycles. The van der Waals surface area contributed by atoms with E-state index in [0.717, 1.165) is 32.5 Å². The van der Waals surface area contributed by atoms with Crippen LogP contribution in [-0.2, 0) is 16.1 Å². The average Bonchev–Trinajstić information content (AvgIpc) is 3.09. The van der Waals surface area contributed by atoms with Gasteiger partial charge in [-0.15, -0.1) is 11.3 Å². The van der Waals surface area contributed by atoms with Crippen LogP contribution >= 0.6 is 11.3 Å². The highest BCUT2D eigenvalue weighted by Gasteiger charge is 2.18. The predicted octanol–water partition coefficient (Wildman–Crippen LogP) is 1.23. The quantitative estimate of drug-likeness (QED) is 0.860. The van der Waals surface area contributed by atoms with Crippen molar-refractivity contribution >= 4 is 23.2 Å². The summed E-state index contributed by atoms with van der Waals surface area (Å²) in [5.74, 6) is -0.0724. The second-order valence-electron chi connectivity index (χ2n) is 5.56. The number of nitrogens with zero attached hydrogens (tertiary/aromatic N) is 2. The molecular formula is C15H23N3O2S. The zero-order valence-corrected chi connectivity index (χ0v) is 13.5. The molecule has 0 saturated carbocycles. The van der Waals surface area contributed by atoms with Crippen molar-refractivity contribution in [1.82, 2.24) is 15.1 Å². The smallest absolute Gasteiger partial charge is 0.241 e. The van der Waals surface area contributed by atoms with Gasteiger partial charge in [-0.2, -0.15) is 0 Å². The number of nitrogens with one attached hydrogen (secondary N) is 1. The topological polar surface area (TPSA) is 52.7 Å². The van der Waals surface area contributed by atoms with Crippen LogP contribution < -0.4 is 5.32 Å². The summed E-state index contributed by atoms with van der Waals surface area (Å²) in [7, 11) is 1.92. The van der Waals surface area contributed by atoms with Crippen molar-refractivity contribution in [3.05, 3.63) is 21.9 Å². The highest BCUT2D eigenvalue weighted by atomic mass is 32.1. The summed E-state index contributed by atoms with van der Waals surface area (Å²) in [6, 6.07) is 2.09. The standard InChI is InChI=1S/C15H23N3O2S/c1-12-5-8-21-13(12)10-17(2)11-14(19)16-9-15(20)18-6-3-4-7-18/h5,8H,3-4,6-7,9-11H2,1-2H3,(H,16,19).